The van der Waals surface area contributed by atoms with E-state index in [2.05, 4.69) is 5.32 Å². The van der Waals surface area contributed by atoms with Gasteiger partial charge in [-0.05, 0) is 44.4 Å². The molecule has 0 aliphatic carbocycles. The number of nitrogens with zero attached hydrogens (tertiary/aromatic N) is 1. The van der Waals surface area contributed by atoms with Gasteiger partial charge in [0.1, 0.15) is 0 Å². The first-order valence-corrected chi connectivity index (χ1v) is 6.90. The van der Waals surface area contributed by atoms with Crippen molar-refractivity contribution in [2.24, 2.45) is 0 Å². The van der Waals surface area contributed by atoms with Gasteiger partial charge in [-0.2, -0.15) is 0 Å². The highest BCUT2D eigenvalue weighted by molar-refractivity contribution is 7.98. The van der Waals surface area contributed by atoms with E-state index in [-0.39, 0.29) is 11.9 Å². The monoisotopic (exact) mass is 252 g/mol. The van der Waals surface area contributed by atoms with Crippen molar-refractivity contribution >= 4 is 23.4 Å². The molecule has 1 amide bonds. The number of anilines is 1. The summed E-state index contributed by atoms with van der Waals surface area (Å²) < 4.78 is 0. The van der Waals surface area contributed by atoms with Crippen molar-refractivity contribution in [1.29, 1.82) is 0 Å². The zero-order valence-electron chi connectivity index (χ0n) is 10.9. The fourth-order valence-electron chi connectivity index (χ4n) is 1.30. The second-order valence-corrected chi connectivity index (χ2v) is 5.06. The molecule has 0 saturated heterocycles. The van der Waals surface area contributed by atoms with E-state index >= 15 is 0 Å². The van der Waals surface area contributed by atoms with Gasteiger partial charge in [-0.15, -0.1) is 11.8 Å². The van der Waals surface area contributed by atoms with Crippen molar-refractivity contribution < 1.29 is 4.79 Å². The number of carbonyl (C=O) groups excluding carboxylic acids is 1. The molecule has 0 aliphatic heterocycles. The molecule has 4 heteroatoms. The van der Waals surface area contributed by atoms with E-state index in [1.165, 1.54) is 4.90 Å². The van der Waals surface area contributed by atoms with E-state index in [0.717, 1.165) is 5.69 Å². The molecule has 0 aliphatic rings. The number of benzene rings is 1. The van der Waals surface area contributed by atoms with E-state index in [4.69, 9.17) is 0 Å². The number of nitrogens with one attached hydrogen (secondary N) is 1. The van der Waals surface area contributed by atoms with E-state index in [9.17, 15) is 4.79 Å². The third-order valence-corrected chi connectivity index (χ3v) is 3.45. The maximum atomic E-state index is 11.7. The number of carbonyl (C=O) groups is 1. The van der Waals surface area contributed by atoms with Gasteiger partial charge in [0.05, 0.1) is 6.54 Å². The molecule has 0 atom stereocenters. The van der Waals surface area contributed by atoms with Gasteiger partial charge >= 0.3 is 0 Å². The van der Waals surface area contributed by atoms with Crippen molar-refractivity contribution in [3.05, 3.63) is 24.3 Å². The summed E-state index contributed by atoms with van der Waals surface area (Å²) in [5, 5.41) is 3.13. The first kappa shape index (κ1) is 13.9. The van der Waals surface area contributed by atoms with Gasteiger partial charge in [-0.3, -0.25) is 4.79 Å². The summed E-state index contributed by atoms with van der Waals surface area (Å²) in [6.07, 6.45) is 2.05. The quantitative estimate of drug-likeness (QED) is 0.818. The molecule has 1 N–H and O–H groups in total. The molecule has 0 bridgehead atoms. The maximum Gasteiger partial charge on any atom is 0.241 e. The molecule has 0 fully saturated rings. The SMILES string of the molecule is CSc1ccc(NCC(=O)N(C)C(C)C)cc1. The summed E-state index contributed by atoms with van der Waals surface area (Å²) in [7, 11) is 1.82. The molecule has 94 valence electrons. The Kier molecular flexibility index (Phi) is 5.35. The van der Waals surface area contributed by atoms with E-state index in [0.29, 0.717) is 6.54 Å². The summed E-state index contributed by atoms with van der Waals surface area (Å²) in [4.78, 5) is 14.7. The Bertz CT molecular complexity index is 362. The molecule has 0 unspecified atom stereocenters. The fraction of sp³-hybridized carbons (Fsp3) is 0.462. The van der Waals surface area contributed by atoms with Crippen molar-refractivity contribution in [3.63, 3.8) is 0 Å². The minimum atomic E-state index is 0.106. The van der Waals surface area contributed by atoms with Crippen LogP contribution in [-0.4, -0.2) is 36.7 Å². The molecule has 0 aromatic heterocycles. The van der Waals surface area contributed by atoms with Gasteiger partial charge in [-0.25, -0.2) is 0 Å². The molecule has 1 aromatic carbocycles. The number of amides is 1. The summed E-state index contributed by atoms with van der Waals surface area (Å²) >= 11 is 1.71. The molecular weight excluding hydrogens is 232 g/mol. The van der Waals surface area contributed by atoms with Crippen molar-refractivity contribution in [2.45, 2.75) is 24.8 Å². The van der Waals surface area contributed by atoms with Crippen molar-refractivity contribution in [3.8, 4) is 0 Å². The number of thioether (sulfide) groups is 1. The average Bonchev–Trinajstić information content (AvgIpc) is 2.35. The molecule has 17 heavy (non-hydrogen) atoms. The van der Waals surface area contributed by atoms with Gasteiger partial charge in [0.25, 0.3) is 0 Å². The summed E-state index contributed by atoms with van der Waals surface area (Å²) in [5.74, 6) is 0.106. The first-order valence-electron chi connectivity index (χ1n) is 5.68. The highest BCUT2D eigenvalue weighted by Gasteiger charge is 2.10. The van der Waals surface area contributed by atoms with Crippen LogP contribution >= 0.6 is 11.8 Å². The molecular formula is C13H20N2OS. The zero-order chi connectivity index (χ0) is 12.8. The smallest absolute Gasteiger partial charge is 0.241 e. The number of hydrogen-bond acceptors (Lipinski definition) is 3. The van der Waals surface area contributed by atoms with Gasteiger partial charge in [0.15, 0.2) is 0 Å². The van der Waals surface area contributed by atoms with Crippen LogP contribution in [0.1, 0.15) is 13.8 Å². The minimum absolute atomic E-state index is 0.106. The predicted octanol–water partition coefficient (Wildman–Crippen LogP) is 2.69. The van der Waals surface area contributed by atoms with E-state index in [1.54, 1.807) is 16.7 Å². The van der Waals surface area contributed by atoms with Crippen LogP contribution in [-0.2, 0) is 4.79 Å². The normalized spacial score (nSPS) is 10.4. The molecule has 0 heterocycles. The highest BCUT2D eigenvalue weighted by atomic mass is 32.2. The Morgan fingerprint density at radius 3 is 2.41 bits per heavy atom. The molecule has 0 spiro atoms. The summed E-state index contributed by atoms with van der Waals surface area (Å²) in [6, 6.07) is 8.32. The number of rotatable bonds is 5. The van der Waals surface area contributed by atoms with Crippen LogP contribution in [0.3, 0.4) is 0 Å². The van der Waals surface area contributed by atoms with E-state index < -0.39 is 0 Å². The molecule has 1 aromatic rings. The maximum absolute atomic E-state index is 11.7. The molecule has 3 nitrogen and oxygen atoms in total. The minimum Gasteiger partial charge on any atom is -0.376 e. The van der Waals surface area contributed by atoms with Crippen LogP contribution < -0.4 is 5.32 Å². The highest BCUT2D eigenvalue weighted by Crippen LogP contribution is 2.17. The molecule has 1 rings (SSSR count). The Morgan fingerprint density at radius 1 is 1.35 bits per heavy atom. The Morgan fingerprint density at radius 2 is 1.94 bits per heavy atom. The van der Waals surface area contributed by atoms with Gasteiger partial charge in [-0.1, -0.05) is 0 Å². The Balaban J connectivity index is 2.47. The lowest BCUT2D eigenvalue weighted by atomic mass is 10.3. The van der Waals surface area contributed by atoms with Crippen LogP contribution in [0.15, 0.2) is 29.2 Å². The Labute approximate surface area is 108 Å². The topological polar surface area (TPSA) is 32.3 Å². The predicted molar refractivity (Wildman–Crippen MR) is 74.6 cm³/mol. The molecule has 0 saturated carbocycles. The van der Waals surface area contributed by atoms with Crippen LogP contribution in [0.4, 0.5) is 5.69 Å². The van der Waals surface area contributed by atoms with E-state index in [1.807, 2.05) is 51.4 Å². The van der Waals surface area contributed by atoms with Crippen molar-refractivity contribution in [1.82, 2.24) is 4.90 Å². The number of likely N-dealkylation sites (N-methyl/N-ethyl adjacent to an activating group) is 1. The van der Waals surface area contributed by atoms with Crippen LogP contribution in [0.25, 0.3) is 0 Å². The summed E-state index contributed by atoms with van der Waals surface area (Å²) in [5.41, 5.74) is 0.980. The van der Waals surface area contributed by atoms with Crippen LogP contribution in [0.5, 0.6) is 0 Å². The molecule has 0 radical (unpaired) electrons. The lowest BCUT2D eigenvalue weighted by Crippen LogP contribution is -2.37. The third-order valence-electron chi connectivity index (χ3n) is 2.70. The van der Waals surface area contributed by atoms with Gasteiger partial charge in [0, 0.05) is 23.7 Å². The third kappa shape index (κ3) is 4.30. The van der Waals surface area contributed by atoms with Gasteiger partial charge in [0.2, 0.25) is 5.91 Å². The lowest BCUT2D eigenvalue weighted by molar-refractivity contribution is -0.129. The Hall–Kier alpha value is -1.16. The summed E-state index contributed by atoms with van der Waals surface area (Å²) in [6.45, 7) is 4.35. The fourth-order valence-corrected chi connectivity index (χ4v) is 1.71. The zero-order valence-corrected chi connectivity index (χ0v) is 11.7. The van der Waals surface area contributed by atoms with Crippen molar-refractivity contribution in [2.75, 3.05) is 25.2 Å². The van der Waals surface area contributed by atoms with Crippen LogP contribution in [0, 0.1) is 0 Å². The van der Waals surface area contributed by atoms with Crippen LogP contribution in [0.2, 0.25) is 0 Å². The largest absolute Gasteiger partial charge is 0.376 e. The second kappa shape index (κ2) is 6.55. The second-order valence-electron chi connectivity index (χ2n) is 4.18. The lowest BCUT2D eigenvalue weighted by Gasteiger charge is -2.21. The first-order chi connectivity index (χ1) is 8.04. The van der Waals surface area contributed by atoms with Gasteiger partial charge < -0.3 is 10.2 Å². The standard InChI is InChI=1S/C13H20N2OS/c1-10(2)15(3)13(16)9-14-11-5-7-12(17-4)8-6-11/h5-8,10,14H,9H2,1-4H3. The average molecular weight is 252 g/mol. The number of hydrogen-bond donors (Lipinski definition) is 1.